The highest BCUT2D eigenvalue weighted by atomic mass is 16.2. The number of aromatic nitrogens is 3. The van der Waals surface area contributed by atoms with Crippen molar-refractivity contribution in [1.29, 1.82) is 0 Å². The lowest BCUT2D eigenvalue weighted by molar-refractivity contribution is -0.123. The predicted octanol–water partition coefficient (Wildman–Crippen LogP) is 1.19. The lowest BCUT2D eigenvalue weighted by Crippen LogP contribution is -2.44. The monoisotopic (exact) mass is 288 g/mol. The average Bonchev–Trinajstić information content (AvgIpc) is 2.94. The van der Waals surface area contributed by atoms with Crippen LogP contribution in [0.15, 0.2) is 29.3 Å². The van der Waals surface area contributed by atoms with E-state index >= 15 is 0 Å². The zero-order chi connectivity index (χ0) is 14.8. The Labute approximate surface area is 122 Å². The minimum Gasteiger partial charge on any atom is -0.351 e. The molecule has 0 aliphatic heterocycles. The Balaban J connectivity index is 1.71. The van der Waals surface area contributed by atoms with E-state index in [4.69, 9.17) is 0 Å². The number of carbonyl (C=O) groups is 1. The van der Waals surface area contributed by atoms with Gasteiger partial charge in [-0.3, -0.25) is 9.20 Å². The van der Waals surface area contributed by atoms with Gasteiger partial charge in [0.05, 0.1) is 11.7 Å². The SMILES string of the molecule is C[C@@H]1CCCC[C@H]1NC(=O)Cn1ncc2cccn2c1=O. The van der Waals surface area contributed by atoms with Gasteiger partial charge in [-0.15, -0.1) is 0 Å². The molecule has 2 aromatic rings. The maximum atomic E-state index is 12.2. The van der Waals surface area contributed by atoms with E-state index in [-0.39, 0.29) is 24.2 Å². The molecule has 0 aromatic carbocycles. The first-order valence-electron chi connectivity index (χ1n) is 7.48. The lowest BCUT2D eigenvalue weighted by Gasteiger charge is -2.29. The number of hydrogen-bond acceptors (Lipinski definition) is 3. The van der Waals surface area contributed by atoms with Gasteiger partial charge in [0.15, 0.2) is 0 Å². The third-order valence-electron chi connectivity index (χ3n) is 4.29. The first-order valence-corrected chi connectivity index (χ1v) is 7.48. The summed E-state index contributed by atoms with van der Waals surface area (Å²) in [6.45, 7) is 2.14. The lowest BCUT2D eigenvalue weighted by atomic mass is 9.86. The van der Waals surface area contributed by atoms with Gasteiger partial charge in [-0.25, -0.2) is 9.48 Å². The first-order chi connectivity index (χ1) is 10.1. The number of hydrogen-bond donors (Lipinski definition) is 1. The smallest absolute Gasteiger partial charge is 0.349 e. The van der Waals surface area contributed by atoms with Gasteiger partial charge in [-0.2, -0.15) is 5.10 Å². The van der Waals surface area contributed by atoms with Crippen LogP contribution in [-0.2, 0) is 11.3 Å². The molecule has 2 aromatic heterocycles. The van der Waals surface area contributed by atoms with Gasteiger partial charge in [0.25, 0.3) is 0 Å². The second-order valence-electron chi connectivity index (χ2n) is 5.82. The molecule has 0 unspecified atom stereocenters. The van der Waals surface area contributed by atoms with Crippen LogP contribution in [0.3, 0.4) is 0 Å². The summed E-state index contributed by atoms with van der Waals surface area (Å²) in [5.74, 6) is 0.356. The molecule has 1 aliphatic carbocycles. The fourth-order valence-corrected chi connectivity index (χ4v) is 3.00. The number of amides is 1. The molecule has 2 atom stereocenters. The summed E-state index contributed by atoms with van der Waals surface area (Å²) in [4.78, 5) is 24.3. The molecule has 1 saturated carbocycles. The Kier molecular flexibility index (Phi) is 3.77. The van der Waals surface area contributed by atoms with Crippen LogP contribution >= 0.6 is 0 Å². The number of carbonyl (C=O) groups excluding carboxylic acids is 1. The molecule has 1 N–H and O–H groups in total. The van der Waals surface area contributed by atoms with Crippen LogP contribution in [0, 0.1) is 5.92 Å². The Morgan fingerprint density at radius 1 is 1.43 bits per heavy atom. The average molecular weight is 288 g/mol. The van der Waals surface area contributed by atoms with Crippen molar-refractivity contribution in [3.63, 3.8) is 0 Å². The van der Waals surface area contributed by atoms with Gasteiger partial charge in [0, 0.05) is 12.2 Å². The third-order valence-corrected chi connectivity index (χ3v) is 4.29. The quantitative estimate of drug-likeness (QED) is 0.922. The molecule has 6 heteroatoms. The predicted molar refractivity (Wildman–Crippen MR) is 79.0 cm³/mol. The molecule has 21 heavy (non-hydrogen) atoms. The normalized spacial score (nSPS) is 22.3. The second-order valence-corrected chi connectivity index (χ2v) is 5.82. The standard InChI is InChI=1S/C15H20N4O2/c1-11-5-2-3-7-13(11)17-14(20)10-19-15(21)18-8-4-6-12(18)9-16-19/h4,6,8-9,11,13H,2-3,5,7,10H2,1H3,(H,17,20)/t11-,13-/m1/s1. The molecule has 0 spiro atoms. The third kappa shape index (κ3) is 2.84. The van der Waals surface area contributed by atoms with Crippen molar-refractivity contribution in [3.8, 4) is 0 Å². The van der Waals surface area contributed by atoms with Gasteiger partial charge in [0.1, 0.15) is 6.54 Å². The number of rotatable bonds is 3. The van der Waals surface area contributed by atoms with E-state index in [2.05, 4.69) is 17.3 Å². The molecule has 1 amide bonds. The van der Waals surface area contributed by atoms with E-state index in [1.54, 1.807) is 18.5 Å². The zero-order valence-electron chi connectivity index (χ0n) is 12.2. The first kappa shape index (κ1) is 13.9. The number of fused-ring (bicyclic) bond motifs is 1. The van der Waals surface area contributed by atoms with E-state index in [0.29, 0.717) is 5.92 Å². The van der Waals surface area contributed by atoms with Crippen LogP contribution in [0.25, 0.3) is 5.52 Å². The largest absolute Gasteiger partial charge is 0.351 e. The number of nitrogens with zero attached hydrogens (tertiary/aromatic N) is 3. The highest BCUT2D eigenvalue weighted by Gasteiger charge is 2.23. The summed E-state index contributed by atoms with van der Waals surface area (Å²) < 4.78 is 2.69. The van der Waals surface area contributed by atoms with E-state index in [1.165, 1.54) is 15.5 Å². The van der Waals surface area contributed by atoms with Gasteiger partial charge < -0.3 is 5.32 Å². The van der Waals surface area contributed by atoms with Crippen LogP contribution in [0.4, 0.5) is 0 Å². The summed E-state index contributed by atoms with van der Waals surface area (Å²) in [6.07, 6.45) is 7.83. The summed E-state index contributed by atoms with van der Waals surface area (Å²) in [7, 11) is 0. The van der Waals surface area contributed by atoms with E-state index in [9.17, 15) is 9.59 Å². The van der Waals surface area contributed by atoms with Crippen LogP contribution < -0.4 is 11.0 Å². The fourth-order valence-electron chi connectivity index (χ4n) is 3.00. The van der Waals surface area contributed by atoms with Crippen LogP contribution in [0.1, 0.15) is 32.6 Å². The molecular weight excluding hydrogens is 268 g/mol. The minimum absolute atomic E-state index is 0.0316. The molecule has 1 aliphatic rings. The molecule has 0 saturated heterocycles. The summed E-state index contributed by atoms with van der Waals surface area (Å²) in [5.41, 5.74) is 0.446. The minimum atomic E-state index is -0.288. The maximum Gasteiger partial charge on any atom is 0.349 e. The molecule has 2 heterocycles. The van der Waals surface area contributed by atoms with Crippen LogP contribution in [0.5, 0.6) is 0 Å². The molecule has 0 bridgehead atoms. The van der Waals surface area contributed by atoms with Gasteiger partial charge in [0.2, 0.25) is 5.91 Å². The molecule has 3 rings (SSSR count). The van der Waals surface area contributed by atoms with Gasteiger partial charge in [-0.1, -0.05) is 19.8 Å². The fraction of sp³-hybridized carbons (Fsp3) is 0.533. The summed E-state index contributed by atoms with van der Waals surface area (Å²) >= 11 is 0. The topological polar surface area (TPSA) is 68.4 Å². The Hall–Kier alpha value is -2.11. The van der Waals surface area contributed by atoms with Crippen molar-refractivity contribution >= 4 is 11.4 Å². The van der Waals surface area contributed by atoms with Crippen LogP contribution in [0.2, 0.25) is 0 Å². The van der Waals surface area contributed by atoms with Crippen molar-refractivity contribution < 1.29 is 4.79 Å². The molecule has 112 valence electrons. The van der Waals surface area contributed by atoms with Crippen molar-refractivity contribution in [2.24, 2.45) is 5.92 Å². The van der Waals surface area contributed by atoms with Gasteiger partial charge in [-0.05, 0) is 30.9 Å². The van der Waals surface area contributed by atoms with Crippen LogP contribution in [-0.4, -0.2) is 26.1 Å². The Bertz CT molecular complexity index is 703. The van der Waals surface area contributed by atoms with E-state index in [0.717, 1.165) is 24.8 Å². The Morgan fingerprint density at radius 3 is 3.05 bits per heavy atom. The maximum absolute atomic E-state index is 12.2. The molecule has 6 nitrogen and oxygen atoms in total. The summed E-state index contributed by atoms with van der Waals surface area (Å²) in [6, 6.07) is 3.81. The summed E-state index contributed by atoms with van der Waals surface area (Å²) in [5, 5.41) is 7.09. The van der Waals surface area contributed by atoms with Gasteiger partial charge >= 0.3 is 5.69 Å². The van der Waals surface area contributed by atoms with Crippen molar-refractivity contribution in [2.75, 3.05) is 0 Å². The molecular formula is C15H20N4O2. The zero-order valence-corrected chi connectivity index (χ0v) is 12.2. The second kappa shape index (κ2) is 5.71. The van der Waals surface area contributed by atoms with E-state index < -0.39 is 0 Å². The molecule has 0 radical (unpaired) electrons. The van der Waals surface area contributed by atoms with Crippen molar-refractivity contribution in [1.82, 2.24) is 19.5 Å². The highest BCUT2D eigenvalue weighted by molar-refractivity contribution is 5.76. The Morgan fingerprint density at radius 2 is 2.24 bits per heavy atom. The van der Waals surface area contributed by atoms with Crippen molar-refractivity contribution in [3.05, 3.63) is 35.0 Å². The number of nitrogens with one attached hydrogen (secondary N) is 1. The van der Waals surface area contributed by atoms with Crippen molar-refractivity contribution in [2.45, 2.75) is 45.2 Å². The van der Waals surface area contributed by atoms with E-state index in [1.807, 2.05) is 6.07 Å². The highest BCUT2D eigenvalue weighted by Crippen LogP contribution is 2.23. The molecule has 1 fully saturated rings.